The summed E-state index contributed by atoms with van der Waals surface area (Å²) in [6, 6.07) is 8.40. The number of amides is 3. The van der Waals surface area contributed by atoms with E-state index < -0.39 is 0 Å². The molecule has 2 aliphatic rings. The summed E-state index contributed by atoms with van der Waals surface area (Å²) in [5, 5.41) is 6.03. The van der Waals surface area contributed by atoms with Gasteiger partial charge >= 0.3 is 6.03 Å². The molecule has 1 aromatic carbocycles. The second kappa shape index (κ2) is 6.83. The summed E-state index contributed by atoms with van der Waals surface area (Å²) in [6.45, 7) is 2.87. The Morgan fingerprint density at radius 1 is 1.21 bits per heavy atom. The highest BCUT2D eigenvalue weighted by atomic mass is 16.2. The monoisotopic (exact) mass is 329 g/mol. The van der Waals surface area contributed by atoms with Crippen LogP contribution in [0.15, 0.2) is 24.3 Å². The van der Waals surface area contributed by atoms with Crippen molar-refractivity contribution in [3.8, 4) is 0 Å². The van der Waals surface area contributed by atoms with Gasteiger partial charge in [-0.05, 0) is 48.6 Å². The molecule has 2 atom stereocenters. The Bertz CT molecular complexity index is 604. The smallest absolute Gasteiger partial charge is 0.315 e. The molecule has 1 saturated carbocycles. The van der Waals surface area contributed by atoms with Crippen molar-refractivity contribution in [3.05, 3.63) is 35.4 Å². The number of hydrogen-bond donors (Lipinski definition) is 3. The third kappa shape index (κ3) is 3.89. The first-order valence-corrected chi connectivity index (χ1v) is 8.86. The third-order valence-corrected chi connectivity index (χ3v) is 5.44. The first kappa shape index (κ1) is 16.8. The molecule has 0 aromatic heterocycles. The van der Waals surface area contributed by atoms with Gasteiger partial charge in [-0.2, -0.15) is 0 Å². The van der Waals surface area contributed by atoms with Gasteiger partial charge in [0.25, 0.3) is 0 Å². The predicted molar refractivity (Wildman–Crippen MR) is 93.4 cm³/mol. The number of nitrogens with one attached hydrogen (secondary N) is 2. The number of hydrogen-bond acceptors (Lipinski definition) is 2. The summed E-state index contributed by atoms with van der Waals surface area (Å²) in [5.41, 5.74) is 8.24. The molecule has 4 N–H and O–H groups in total. The van der Waals surface area contributed by atoms with Crippen LogP contribution in [-0.4, -0.2) is 24.5 Å². The van der Waals surface area contributed by atoms with E-state index in [1.54, 1.807) is 0 Å². The van der Waals surface area contributed by atoms with Gasteiger partial charge in [-0.1, -0.05) is 37.6 Å². The van der Waals surface area contributed by atoms with E-state index >= 15 is 0 Å². The molecule has 0 bridgehead atoms. The molecule has 0 heterocycles. The van der Waals surface area contributed by atoms with Gasteiger partial charge in [0, 0.05) is 18.5 Å². The molecule has 3 amide bonds. The highest BCUT2D eigenvalue weighted by molar-refractivity contribution is 5.77. The SMILES string of the molecule is CC1(CNC(=O)NC2CCCC(C(N)=O)C2)Cc2ccccc2C1. The molecular formula is C19H27N3O2. The van der Waals surface area contributed by atoms with Crippen LogP contribution in [0.2, 0.25) is 0 Å². The Hall–Kier alpha value is -2.04. The fourth-order valence-electron chi connectivity index (χ4n) is 4.12. The Kier molecular flexibility index (Phi) is 4.78. The third-order valence-electron chi connectivity index (χ3n) is 5.44. The van der Waals surface area contributed by atoms with Crippen LogP contribution < -0.4 is 16.4 Å². The normalized spacial score (nSPS) is 24.9. The Morgan fingerprint density at radius 2 is 1.88 bits per heavy atom. The zero-order chi connectivity index (χ0) is 17.2. The van der Waals surface area contributed by atoms with Crippen molar-refractivity contribution in [3.63, 3.8) is 0 Å². The van der Waals surface area contributed by atoms with E-state index in [9.17, 15) is 9.59 Å². The van der Waals surface area contributed by atoms with Crippen LogP contribution >= 0.6 is 0 Å². The Labute approximate surface area is 143 Å². The van der Waals surface area contributed by atoms with Crippen LogP contribution in [0.5, 0.6) is 0 Å². The molecule has 0 saturated heterocycles. The van der Waals surface area contributed by atoms with Crippen LogP contribution in [0.4, 0.5) is 4.79 Å². The molecule has 5 heteroatoms. The van der Waals surface area contributed by atoms with E-state index in [-0.39, 0.29) is 29.3 Å². The van der Waals surface area contributed by atoms with Gasteiger partial charge in [-0.25, -0.2) is 4.79 Å². The minimum Gasteiger partial charge on any atom is -0.369 e. The minimum atomic E-state index is -0.252. The maximum atomic E-state index is 12.2. The van der Waals surface area contributed by atoms with Crippen LogP contribution in [0, 0.1) is 11.3 Å². The van der Waals surface area contributed by atoms with E-state index in [2.05, 4.69) is 41.8 Å². The quantitative estimate of drug-likeness (QED) is 0.790. The topological polar surface area (TPSA) is 84.2 Å². The molecule has 1 aromatic rings. The second-order valence-corrected chi connectivity index (χ2v) is 7.72. The van der Waals surface area contributed by atoms with E-state index in [0.29, 0.717) is 13.0 Å². The molecule has 3 rings (SSSR count). The van der Waals surface area contributed by atoms with Gasteiger partial charge in [0.15, 0.2) is 0 Å². The van der Waals surface area contributed by atoms with E-state index in [4.69, 9.17) is 5.73 Å². The lowest BCUT2D eigenvalue weighted by molar-refractivity contribution is -0.122. The summed E-state index contributed by atoms with van der Waals surface area (Å²) >= 11 is 0. The zero-order valence-electron chi connectivity index (χ0n) is 14.3. The summed E-state index contributed by atoms with van der Waals surface area (Å²) < 4.78 is 0. The van der Waals surface area contributed by atoms with Crippen molar-refractivity contribution in [2.45, 2.75) is 51.5 Å². The summed E-state index contributed by atoms with van der Waals surface area (Å²) in [6.07, 6.45) is 5.34. The van der Waals surface area contributed by atoms with Gasteiger partial charge in [-0.15, -0.1) is 0 Å². The average Bonchev–Trinajstić information content (AvgIpc) is 2.90. The predicted octanol–water partition coefficient (Wildman–Crippen LogP) is 2.13. The van der Waals surface area contributed by atoms with E-state index in [1.807, 2.05) is 0 Å². The van der Waals surface area contributed by atoms with Gasteiger partial charge < -0.3 is 16.4 Å². The van der Waals surface area contributed by atoms with Crippen LogP contribution in [0.1, 0.15) is 43.7 Å². The highest BCUT2D eigenvalue weighted by Crippen LogP contribution is 2.35. The molecule has 0 aliphatic heterocycles. The number of carbonyl (C=O) groups is 2. The summed E-state index contributed by atoms with van der Waals surface area (Å²) in [5.74, 6) is -0.357. The maximum absolute atomic E-state index is 12.2. The largest absolute Gasteiger partial charge is 0.369 e. The first-order chi connectivity index (χ1) is 11.5. The zero-order valence-corrected chi connectivity index (χ0v) is 14.3. The average molecular weight is 329 g/mol. The fourth-order valence-corrected chi connectivity index (χ4v) is 4.12. The summed E-state index contributed by atoms with van der Waals surface area (Å²) in [4.78, 5) is 23.6. The van der Waals surface area contributed by atoms with Gasteiger partial charge in [0.2, 0.25) is 5.91 Å². The molecular weight excluding hydrogens is 302 g/mol. The lowest BCUT2D eigenvalue weighted by atomic mass is 9.85. The Balaban J connectivity index is 1.47. The van der Waals surface area contributed by atoms with Gasteiger partial charge in [-0.3, -0.25) is 4.79 Å². The number of urea groups is 1. The second-order valence-electron chi connectivity index (χ2n) is 7.72. The van der Waals surface area contributed by atoms with Crippen molar-refractivity contribution in [1.29, 1.82) is 0 Å². The van der Waals surface area contributed by atoms with Crippen molar-refractivity contribution >= 4 is 11.9 Å². The standard InChI is InChI=1S/C19H27N3O2/c1-19(10-14-5-2-3-6-15(14)11-19)12-21-18(24)22-16-8-4-7-13(9-16)17(20)23/h2-3,5-6,13,16H,4,7-12H2,1H3,(H2,20,23)(H2,21,22,24). The van der Waals surface area contributed by atoms with Gasteiger partial charge in [0.1, 0.15) is 0 Å². The number of carbonyl (C=O) groups excluding carboxylic acids is 2. The van der Waals surface area contributed by atoms with Crippen LogP contribution in [0.25, 0.3) is 0 Å². The number of fused-ring (bicyclic) bond motifs is 1. The van der Waals surface area contributed by atoms with Crippen molar-refractivity contribution in [1.82, 2.24) is 10.6 Å². The lowest BCUT2D eigenvalue weighted by Gasteiger charge is -2.29. The van der Waals surface area contributed by atoms with Crippen LogP contribution in [-0.2, 0) is 17.6 Å². The molecule has 2 aliphatic carbocycles. The molecule has 1 fully saturated rings. The lowest BCUT2D eigenvalue weighted by Crippen LogP contribution is -2.48. The fraction of sp³-hybridized carbons (Fsp3) is 0.579. The molecule has 0 radical (unpaired) electrons. The highest BCUT2D eigenvalue weighted by Gasteiger charge is 2.33. The Morgan fingerprint density at radius 3 is 2.50 bits per heavy atom. The van der Waals surface area contributed by atoms with Crippen molar-refractivity contribution < 1.29 is 9.59 Å². The minimum absolute atomic E-state index is 0.0461. The maximum Gasteiger partial charge on any atom is 0.315 e. The molecule has 5 nitrogen and oxygen atoms in total. The summed E-state index contributed by atoms with van der Waals surface area (Å²) in [7, 11) is 0. The molecule has 0 spiro atoms. The number of benzene rings is 1. The number of primary amides is 1. The van der Waals surface area contributed by atoms with Crippen LogP contribution in [0.3, 0.4) is 0 Å². The molecule has 2 unspecified atom stereocenters. The molecule has 24 heavy (non-hydrogen) atoms. The molecule has 130 valence electrons. The number of nitrogens with two attached hydrogens (primary N) is 1. The van der Waals surface area contributed by atoms with Gasteiger partial charge in [0.05, 0.1) is 0 Å². The van der Waals surface area contributed by atoms with Crippen molar-refractivity contribution in [2.75, 3.05) is 6.54 Å². The number of rotatable bonds is 4. The first-order valence-electron chi connectivity index (χ1n) is 8.86. The van der Waals surface area contributed by atoms with Crippen molar-refractivity contribution in [2.24, 2.45) is 17.1 Å². The van der Waals surface area contributed by atoms with E-state index in [1.165, 1.54) is 11.1 Å². The van der Waals surface area contributed by atoms with E-state index in [0.717, 1.165) is 32.1 Å².